The summed E-state index contributed by atoms with van der Waals surface area (Å²) in [6, 6.07) is 13.2. The Morgan fingerprint density at radius 1 is 0.500 bits per heavy atom. The van der Waals surface area contributed by atoms with Crippen molar-refractivity contribution >= 4 is 74.1 Å². The maximum Gasteiger partial charge on any atom is 0.295 e. The quantitative estimate of drug-likeness (QED) is 0.0828. The Hall–Kier alpha value is -2.73. The van der Waals surface area contributed by atoms with Gasteiger partial charge in [-0.1, -0.05) is 41.4 Å². The van der Waals surface area contributed by atoms with Gasteiger partial charge in [-0.15, -0.1) is 4.33 Å². The zero-order valence-electron chi connectivity index (χ0n) is 19.2. The van der Waals surface area contributed by atoms with Crippen LogP contribution in [0.5, 0.6) is 0 Å². The first-order valence-electron chi connectivity index (χ1n) is 9.99. The van der Waals surface area contributed by atoms with Crippen molar-refractivity contribution in [2.24, 2.45) is 0 Å². The van der Waals surface area contributed by atoms with E-state index in [1.54, 1.807) is 0 Å². The van der Waals surface area contributed by atoms with Gasteiger partial charge in [-0.05, 0) is 30.3 Å². The van der Waals surface area contributed by atoms with Gasteiger partial charge in [0.2, 0.25) is 0 Å². The van der Waals surface area contributed by atoms with Gasteiger partial charge in [0.15, 0.2) is 0 Å². The van der Waals surface area contributed by atoms with Crippen molar-refractivity contribution in [2.75, 3.05) is 0 Å². The van der Waals surface area contributed by atoms with Crippen LogP contribution in [0.3, 0.4) is 0 Å². The normalized spacial score (nSPS) is 12.7. The fourth-order valence-electron chi connectivity index (χ4n) is 3.54. The molecule has 0 aliphatic rings. The molecule has 0 atom stereocenters. The lowest BCUT2D eigenvalue weighted by atomic mass is 10.1. The summed E-state index contributed by atoms with van der Waals surface area (Å²) in [5.74, 6) is 0. The van der Waals surface area contributed by atoms with E-state index in [1.807, 2.05) is 0 Å². The van der Waals surface area contributed by atoms with E-state index >= 15 is 0 Å². The number of hydrogen-bond donors (Lipinski definition) is 5. The molecule has 4 aromatic rings. The molecule has 0 radical (unpaired) electrons. The van der Waals surface area contributed by atoms with E-state index in [0.717, 1.165) is 24.3 Å². The van der Waals surface area contributed by atoms with E-state index in [1.165, 1.54) is 42.5 Å². The molecule has 0 heterocycles. The van der Waals surface area contributed by atoms with Crippen LogP contribution in [0.4, 0.5) is 0 Å². The highest BCUT2D eigenvalue weighted by molar-refractivity contribution is 7.94. The molecule has 216 valence electrons. The van der Waals surface area contributed by atoms with Crippen molar-refractivity contribution < 1.29 is 66.5 Å². The van der Waals surface area contributed by atoms with Crippen LogP contribution in [0.25, 0.3) is 21.5 Å². The average Bonchev–Trinajstić information content (AvgIpc) is 2.84. The van der Waals surface area contributed by atoms with Crippen LogP contribution < -0.4 is 0 Å². The molecule has 0 saturated carbocycles. The van der Waals surface area contributed by atoms with Crippen molar-refractivity contribution in [2.45, 2.75) is 24.5 Å². The average molecular weight is 657 g/mol. The molecule has 0 aromatic heterocycles. The van der Waals surface area contributed by atoms with Crippen molar-refractivity contribution in [3.05, 3.63) is 66.7 Å². The summed E-state index contributed by atoms with van der Waals surface area (Å²) in [5.41, 5.74) is 0. The van der Waals surface area contributed by atoms with Crippen LogP contribution in [0.15, 0.2) is 91.2 Å². The highest BCUT2D eigenvalue weighted by Gasteiger charge is 2.22. The van der Waals surface area contributed by atoms with E-state index < -0.39 is 60.1 Å². The van der Waals surface area contributed by atoms with Gasteiger partial charge in [0.25, 0.3) is 40.5 Å². The SMILES string of the molecule is O=S(=O)(O)c1cc(SOOO)cc2c(S(=O)(=O)O)cccc12.O=S(=O)(O)c1cccc2c(S(=O)(=O)O)cccc12. The van der Waals surface area contributed by atoms with Crippen LogP contribution in [-0.2, 0) is 49.8 Å². The molecule has 0 aliphatic carbocycles. The number of rotatable bonds is 7. The Morgan fingerprint density at radius 2 is 0.850 bits per heavy atom. The number of hydrogen-bond acceptors (Lipinski definition) is 12. The Labute approximate surface area is 231 Å². The smallest absolute Gasteiger partial charge is 0.282 e. The number of benzene rings is 4. The second kappa shape index (κ2) is 11.6. The molecule has 4 aromatic carbocycles. The molecular weight excluding hydrogens is 641 g/mol. The maximum absolute atomic E-state index is 11.4. The second-order valence-corrected chi connectivity index (χ2v) is 13.8. The van der Waals surface area contributed by atoms with Gasteiger partial charge in [-0.2, -0.15) is 33.7 Å². The van der Waals surface area contributed by atoms with E-state index in [9.17, 15) is 42.8 Å². The van der Waals surface area contributed by atoms with Gasteiger partial charge in [-0.3, -0.25) is 18.2 Å². The molecule has 0 spiro atoms. The van der Waals surface area contributed by atoms with Crippen LogP contribution in [-0.4, -0.2) is 57.1 Å². The maximum atomic E-state index is 11.4. The van der Waals surface area contributed by atoms with Crippen molar-refractivity contribution in [1.29, 1.82) is 0 Å². The van der Waals surface area contributed by atoms with Crippen LogP contribution >= 0.6 is 12.0 Å². The molecule has 15 nitrogen and oxygen atoms in total. The third-order valence-corrected chi connectivity index (χ3v) is 9.19. The first-order valence-corrected chi connectivity index (χ1v) is 16.5. The standard InChI is InChI=1S/C10H8O9S3.C10H8O6S2/c11-18-19-20-6-4-8-7(10(5-6)22(15,16)17)2-1-3-9(8)21(12,13)14;11-17(12,13)9-5-1-3-7-8(9)4-2-6-10(7)18(14,15)16/h1-5,11H,(H,12,13,14)(H,15,16,17);1-6H,(H,11,12,13)(H,14,15,16). The zero-order valence-corrected chi connectivity index (χ0v) is 23.3. The van der Waals surface area contributed by atoms with Crippen LogP contribution in [0.2, 0.25) is 0 Å². The topological polar surface area (TPSA) is 256 Å². The molecule has 0 bridgehead atoms. The van der Waals surface area contributed by atoms with E-state index in [4.69, 9.17) is 14.4 Å². The molecule has 0 saturated heterocycles. The Bertz CT molecular complexity index is 1970. The van der Waals surface area contributed by atoms with Gasteiger partial charge in [0.05, 0.1) is 12.0 Å². The molecule has 20 heteroatoms. The van der Waals surface area contributed by atoms with E-state index in [-0.39, 0.29) is 26.4 Å². The van der Waals surface area contributed by atoms with Gasteiger partial charge < -0.3 is 0 Å². The summed E-state index contributed by atoms with van der Waals surface area (Å²) in [7, 11) is -18.3. The predicted molar refractivity (Wildman–Crippen MR) is 138 cm³/mol. The predicted octanol–water partition coefficient (Wildman–Crippen LogP) is 3.09. The molecule has 0 unspecified atom stereocenters. The lowest BCUT2D eigenvalue weighted by Gasteiger charge is -2.09. The lowest BCUT2D eigenvalue weighted by molar-refractivity contribution is -0.432. The minimum atomic E-state index is -4.69. The van der Waals surface area contributed by atoms with E-state index in [0.29, 0.717) is 12.0 Å². The Kier molecular flexibility index (Phi) is 9.25. The molecule has 0 aliphatic heterocycles. The summed E-state index contributed by atoms with van der Waals surface area (Å²) >= 11 is 0.361. The summed E-state index contributed by atoms with van der Waals surface area (Å²) < 4.78 is 131. The highest BCUT2D eigenvalue weighted by atomic mass is 32.2. The second-order valence-electron chi connectivity index (χ2n) is 7.51. The van der Waals surface area contributed by atoms with Gasteiger partial charge in [0, 0.05) is 26.4 Å². The molecular formula is C20H16O15S5. The summed E-state index contributed by atoms with van der Waals surface area (Å²) in [6.45, 7) is 0. The highest BCUT2D eigenvalue weighted by Crippen LogP contribution is 2.34. The van der Waals surface area contributed by atoms with Crippen LogP contribution in [0.1, 0.15) is 0 Å². The third kappa shape index (κ3) is 7.31. The van der Waals surface area contributed by atoms with Gasteiger partial charge in [0.1, 0.15) is 19.6 Å². The zero-order chi connectivity index (χ0) is 30.1. The van der Waals surface area contributed by atoms with Gasteiger partial charge in [-0.25, -0.2) is 5.26 Å². The minimum absolute atomic E-state index is 0.00900. The van der Waals surface area contributed by atoms with Crippen molar-refractivity contribution in [3.63, 3.8) is 0 Å². The minimum Gasteiger partial charge on any atom is -0.282 e. The van der Waals surface area contributed by atoms with Crippen LogP contribution in [0, 0.1) is 0 Å². The summed E-state index contributed by atoms with van der Waals surface area (Å²) in [6.07, 6.45) is 0. The monoisotopic (exact) mass is 656 g/mol. The van der Waals surface area contributed by atoms with Gasteiger partial charge >= 0.3 is 0 Å². The lowest BCUT2D eigenvalue weighted by Crippen LogP contribution is -2.03. The summed E-state index contributed by atoms with van der Waals surface area (Å²) in [4.78, 5) is -1.98. The molecule has 0 fully saturated rings. The Balaban J connectivity index is 0.000000225. The first kappa shape index (κ1) is 31.8. The number of fused-ring (bicyclic) bond motifs is 2. The van der Waals surface area contributed by atoms with Crippen molar-refractivity contribution in [3.8, 4) is 0 Å². The Morgan fingerprint density at radius 3 is 1.20 bits per heavy atom. The summed E-state index contributed by atoms with van der Waals surface area (Å²) in [5, 5.41) is 11.2. The molecule has 5 N–H and O–H groups in total. The molecule has 40 heavy (non-hydrogen) atoms. The fourth-order valence-corrected chi connectivity index (χ4v) is 6.90. The molecule has 4 rings (SSSR count). The first-order chi connectivity index (χ1) is 18.4. The third-order valence-electron chi connectivity index (χ3n) is 5.01. The fraction of sp³-hybridized carbons (Fsp3) is 0. The van der Waals surface area contributed by atoms with E-state index in [2.05, 4.69) is 9.37 Å². The largest absolute Gasteiger partial charge is 0.295 e. The molecule has 0 amide bonds. The van der Waals surface area contributed by atoms with Crippen molar-refractivity contribution in [1.82, 2.24) is 0 Å².